The van der Waals surface area contributed by atoms with Gasteiger partial charge in [-0.25, -0.2) is 0 Å². The van der Waals surface area contributed by atoms with E-state index in [1.54, 1.807) is 0 Å². The molecule has 19 heavy (non-hydrogen) atoms. The summed E-state index contributed by atoms with van der Waals surface area (Å²) in [5.74, 6) is 0.831. The molecule has 0 bridgehead atoms. The van der Waals surface area contributed by atoms with Crippen LogP contribution in [0.5, 0.6) is 0 Å². The van der Waals surface area contributed by atoms with Crippen LogP contribution in [0.2, 0.25) is 0 Å². The Morgan fingerprint density at radius 1 is 1.21 bits per heavy atom. The van der Waals surface area contributed by atoms with E-state index in [1.165, 1.54) is 44.9 Å². The van der Waals surface area contributed by atoms with Crippen LogP contribution < -0.4 is 5.32 Å². The molecule has 1 heterocycles. The van der Waals surface area contributed by atoms with E-state index >= 15 is 0 Å². The standard InChI is InChI=1S/C16H31NO2/c1-2-6-15(14-7-4-3-5-8-14)17-13-16(18)9-11-19-12-10-16/h14-15,17-18H,2-13H2,1H3. The van der Waals surface area contributed by atoms with Crippen LogP contribution in [0, 0.1) is 5.92 Å². The highest BCUT2D eigenvalue weighted by molar-refractivity contribution is 4.87. The summed E-state index contributed by atoms with van der Waals surface area (Å²) in [4.78, 5) is 0. The minimum atomic E-state index is -0.529. The molecule has 112 valence electrons. The minimum Gasteiger partial charge on any atom is -0.388 e. The lowest BCUT2D eigenvalue weighted by Crippen LogP contribution is -2.49. The molecule has 0 radical (unpaired) electrons. The van der Waals surface area contributed by atoms with Crippen molar-refractivity contribution in [2.45, 2.75) is 76.4 Å². The summed E-state index contributed by atoms with van der Waals surface area (Å²) in [5, 5.41) is 14.2. The highest BCUT2D eigenvalue weighted by atomic mass is 16.5. The van der Waals surface area contributed by atoms with Crippen LogP contribution in [0.25, 0.3) is 0 Å². The van der Waals surface area contributed by atoms with Gasteiger partial charge in [0.2, 0.25) is 0 Å². The lowest BCUT2D eigenvalue weighted by Gasteiger charge is -2.37. The van der Waals surface area contributed by atoms with Gasteiger partial charge in [0.05, 0.1) is 5.60 Å². The van der Waals surface area contributed by atoms with E-state index in [1.807, 2.05) is 0 Å². The molecule has 2 fully saturated rings. The quantitative estimate of drug-likeness (QED) is 0.779. The average Bonchev–Trinajstić information content (AvgIpc) is 2.45. The second-order valence-corrected chi connectivity index (χ2v) is 6.51. The molecule has 1 aliphatic carbocycles. The SMILES string of the molecule is CCCC(NCC1(O)CCOCC1)C1CCCCC1. The van der Waals surface area contributed by atoms with Crippen molar-refractivity contribution >= 4 is 0 Å². The summed E-state index contributed by atoms with van der Waals surface area (Å²) in [7, 11) is 0. The number of aliphatic hydroxyl groups is 1. The Hall–Kier alpha value is -0.120. The Morgan fingerprint density at radius 2 is 1.89 bits per heavy atom. The number of hydrogen-bond acceptors (Lipinski definition) is 3. The van der Waals surface area contributed by atoms with Crippen molar-refractivity contribution in [1.29, 1.82) is 0 Å². The first-order valence-corrected chi connectivity index (χ1v) is 8.27. The molecule has 0 amide bonds. The average molecular weight is 269 g/mol. The van der Waals surface area contributed by atoms with E-state index < -0.39 is 5.60 Å². The lowest BCUT2D eigenvalue weighted by atomic mass is 9.82. The molecule has 2 aliphatic rings. The van der Waals surface area contributed by atoms with Crippen LogP contribution in [0.15, 0.2) is 0 Å². The predicted molar refractivity (Wildman–Crippen MR) is 78.3 cm³/mol. The van der Waals surface area contributed by atoms with Crippen LogP contribution >= 0.6 is 0 Å². The molecule has 0 aromatic heterocycles. The van der Waals surface area contributed by atoms with Gasteiger partial charge < -0.3 is 15.2 Å². The van der Waals surface area contributed by atoms with Crippen molar-refractivity contribution in [2.24, 2.45) is 5.92 Å². The summed E-state index contributed by atoms with van der Waals surface area (Å²) in [6.45, 7) is 4.43. The fourth-order valence-electron chi connectivity index (χ4n) is 3.60. The molecule has 3 heteroatoms. The van der Waals surface area contributed by atoms with Crippen LogP contribution in [-0.2, 0) is 4.74 Å². The molecule has 0 aromatic carbocycles. The van der Waals surface area contributed by atoms with Crippen molar-refractivity contribution in [3.05, 3.63) is 0 Å². The summed E-state index contributed by atoms with van der Waals surface area (Å²) in [5.41, 5.74) is -0.529. The van der Waals surface area contributed by atoms with Gasteiger partial charge in [0.1, 0.15) is 0 Å². The Bertz CT molecular complexity index is 245. The zero-order valence-electron chi connectivity index (χ0n) is 12.5. The third-order valence-corrected chi connectivity index (χ3v) is 4.94. The molecular weight excluding hydrogens is 238 g/mol. The van der Waals surface area contributed by atoms with Gasteiger partial charge >= 0.3 is 0 Å². The molecule has 1 saturated heterocycles. The van der Waals surface area contributed by atoms with Gasteiger partial charge in [-0.2, -0.15) is 0 Å². The van der Waals surface area contributed by atoms with Crippen molar-refractivity contribution in [1.82, 2.24) is 5.32 Å². The second-order valence-electron chi connectivity index (χ2n) is 6.51. The van der Waals surface area contributed by atoms with Gasteiger partial charge in [-0.05, 0) is 25.2 Å². The zero-order valence-corrected chi connectivity index (χ0v) is 12.5. The number of rotatable bonds is 6. The Kier molecular flexibility index (Phi) is 6.11. The third kappa shape index (κ3) is 4.73. The molecular formula is C16H31NO2. The largest absolute Gasteiger partial charge is 0.388 e. The molecule has 0 spiro atoms. The molecule has 1 saturated carbocycles. The number of nitrogens with one attached hydrogen (secondary N) is 1. The van der Waals surface area contributed by atoms with Crippen LogP contribution in [0.1, 0.15) is 64.7 Å². The van der Waals surface area contributed by atoms with Crippen molar-refractivity contribution < 1.29 is 9.84 Å². The van der Waals surface area contributed by atoms with E-state index in [-0.39, 0.29) is 0 Å². The fraction of sp³-hybridized carbons (Fsp3) is 1.00. The molecule has 0 aromatic rings. The molecule has 1 atom stereocenters. The lowest BCUT2D eigenvalue weighted by molar-refractivity contribution is -0.0639. The third-order valence-electron chi connectivity index (χ3n) is 4.94. The summed E-state index contributed by atoms with van der Waals surface area (Å²) in [6, 6.07) is 0.608. The maximum atomic E-state index is 10.5. The van der Waals surface area contributed by atoms with Crippen molar-refractivity contribution in [3.8, 4) is 0 Å². The van der Waals surface area contributed by atoms with Gasteiger partial charge in [-0.15, -0.1) is 0 Å². The van der Waals surface area contributed by atoms with E-state index in [2.05, 4.69) is 12.2 Å². The van der Waals surface area contributed by atoms with E-state index in [0.29, 0.717) is 19.3 Å². The zero-order chi connectivity index (χ0) is 13.6. The van der Waals surface area contributed by atoms with Crippen molar-refractivity contribution in [3.63, 3.8) is 0 Å². The Morgan fingerprint density at radius 3 is 2.53 bits per heavy atom. The van der Waals surface area contributed by atoms with Gasteiger partial charge in [0.15, 0.2) is 0 Å². The summed E-state index contributed by atoms with van der Waals surface area (Å²) >= 11 is 0. The van der Waals surface area contributed by atoms with Gasteiger partial charge in [0.25, 0.3) is 0 Å². The number of ether oxygens (including phenoxy) is 1. The monoisotopic (exact) mass is 269 g/mol. The van der Waals surface area contributed by atoms with E-state index in [0.717, 1.165) is 25.3 Å². The predicted octanol–water partition coefficient (Wildman–Crippen LogP) is 2.87. The molecule has 3 nitrogen and oxygen atoms in total. The fourth-order valence-corrected chi connectivity index (χ4v) is 3.60. The Balaban J connectivity index is 1.81. The first-order valence-electron chi connectivity index (χ1n) is 8.27. The van der Waals surface area contributed by atoms with E-state index in [9.17, 15) is 5.11 Å². The van der Waals surface area contributed by atoms with E-state index in [4.69, 9.17) is 4.74 Å². The Labute approximate surface area is 118 Å². The van der Waals surface area contributed by atoms with Crippen LogP contribution in [-0.4, -0.2) is 36.5 Å². The summed E-state index contributed by atoms with van der Waals surface area (Å²) in [6.07, 6.45) is 11.0. The van der Waals surface area contributed by atoms with Gasteiger partial charge in [0, 0.05) is 38.6 Å². The first kappa shape index (κ1) is 15.3. The van der Waals surface area contributed by atoms with Gasteiger partial charge in [-0.3, -0.25) is 0 Å². The van der Waals surface area contributed by atoms with Crippen LogP contribution in [0.3, 0.4) is 0 Å². The van der Waals surface area contributed by atoms with Gasteiger partial charge in [-0.1, -0.05) is 32.6 Å². The maximum absolute atomic E-state index is 10.5. The minimum absolute atomic E-state index is 0.529. The maximum Gasteiger partial charge on any atom is 0.0815 e. The van der Waals surface area contributed by atoms with Crippen molar-refractivity contribution in [2.75, 3.05) is 19.8 Å². The smallest absolute Gasteiger partial charge is 0.0815 e. The van der Waals surface area contributed by atoms with Crippen LogP contribution in [0.4, 0.5) is 0 Å². The number of hydrogen-bond donors (Lipinski definition) is 2. The first-order chi connectivity index (χ1) is 9.23. The molecule has 2 rings (SSSR count). The molecule has 1 aliphatic heterocycles. The topological polar surface area (TPSA) is 41.5 Å². The summed E-state index contributed by atoms with van der Waals surface area (Å²) < 4.78 is 5.35. The normalized spacial score (nSPS) is 26.2. The molecule has 1 unspecified atom stereocenters. The highest BCUT2D eigenvalue weighted by Gasteiger charge is 2.31. The molecule has 2 N–H and O–H groups in total. The second kappa shape index (κ2) is 7.61. The highest BCUT2D eigenvalue weighted by Crippen LogP contribution is 2.29.